The van der Waals surface area contributed by atoms with E-state index in [1.165, 1.54) is 12.8 Å². The molecule has 3 aromatic rings. The maximum Gasteiger partial charge on any atom is 0.253 e. The number of hydrogen-bond donors (Lipinski definition) is 1. The van der Waals surface area contributed by atoms with Gasteiger partial charge in [0.15, 0.2) is 5.65 Å². The average Bonchev–Trinajstić information content (AvgIpc) is 3.28. The largest absolute Gasteiger partial charge is 0.474 e. The van der Waals surface area contributed by atoms with Crippen LogP contribution in [0.5, 0.6) is 5.88 Å². The molecule has 7 heteroatoms. The zero-order valence-corrected chi connectivity index (χ0v) is 15.6. The van der Waals surface area contributed by atoms with Crippen LogP contribution < -0.4 is 10.1 Å². The van der Waals surface area contributed by atoms with Gasteiger partial charge in [-0.2, -0.15) is 5.10 Å². The number of amides is 1. The van der Waals surface area contributed by atoms with Gasteiger partial charge in [0.05, 0.1) is 11.3 Å². The van der Waals surface area contributed by atoms with Gasteiger partial charge < -0.3 is 10.1 Å². The molecule has 0 saturated heterocycles. The molecule has 1 N–H and O–H groups in total. The normalized spacial score (nSPS) is 14.6. The van der Waals surface area contributed by atoms with Crippen LogP contribution in [0.4, 0.5) is 0 Å². The summed E-state index contributed by atoms with van der Waals surface area (Å²) in [6.07, 6.45) is 8.18. The Morgan fingerprint density at radius 2 is 2.11 bits per heavy atom. The first-order valence-electron chi connectivity index (χ1n) is 9.29. The number of carbonyl (C=O) groups is 1. The number of ether oxygens (including phenoxy) is 1. The first-order chi connectivity index (χ1) is 13.1. The molecular formula is C20H23N5O2. The van der Waals surface area contributed by atoms with Crippen molar-refractivity contribution in [1.29, 1.82) is 0 Å². The predicted octanol–water partition coefficient (Wildman–Crippen LogP) is 2.92. The molecule has 1 aliphatic rings. The first kappa shape index (κ1) is 17.5. The maximum absolute atomic E-state index is 12.5. The van der Waals surface area contributed by atoms with Gasteiger partial charge in [-0.1, -0.05) is 0 Å². The van der Waals surface area contributed by atoms with Crippen molar-refractivity contribution < 1.29 is 9.53 Å². The number of fused-ring (bicyclic) bond motifs is 1. The van der Waals surface area contributed by atoms with Crippen LogP contribution in [0.2, 0.25) is 0 Å². The summed E-state index contributed by atoms with van der Waals surface area (Å²) in [4.78, 5) is 21.2. The van der Waals surface area contributed by atoms with E-state index in [1.807, 2.05) is 32.2 Å². The maximum atomic E-state index is 12.5. The molecule has 0 aliphatic heterocycles. The van der Waals surface area contributed by atoms with E-state index >= 15 is 0 Å². The van der Waals surface area contributed by atoms with Gasteiger partial charge in [0.1, 0.15) is 6.10 Å². The van der Waals surface area contributed by atoms with E-state index in [-0.39, 0.29) is 12.0 Å². The Bertz CT molecular complexity index is 976. The molecule has 1 amide bonds. The summed E-state index contributed by atoms with van der Waals surface area (Å²) in [7, 11) is 1.84. The van der Waals surface area contributed by atoms with Crippen molar-refractivity contribution >= 4 is 16.9 Å². The summed E-state index contributed by atoms with van der Waals surface area (Å²) in [5, 5.41) is 8.17. The molecule has 0 radical (unpaired) electrons. The Hall–Kier alpha value is -2.96. The fraction of sp³-hybridized carbons (Fsp3) is 0.400. The number of rotatable bonds is 5. The van der Waals surface area contributed by atoms with Crippen LogP contribution in [-0.4, -0.2) is 31.8 Å². The minimum atomic E-state index is -0.164. The summed E-state index contributed by atoms with van der Waals surface area (Å²) in [6.45, 7) is 2.32. The summed E-state index contributed by atoms with van der Waals surface area (Å²) >= 11 is 0. The molecule has 140 valence electrons. The van der Waals surface area contributed by atoms with Crippen LogP contribution in [0.3, 0.4) is 0 Å². The van der Waals surface area contributed by atoms with Crippen LogP contribution >= 0.6 is 0 Å². The molecule has 0 unspecified atom stereocenters. The number of nitrogens with zero attached hydrogens (tertiary/aromatic N) is 4. The smallest absolute Gasteiger partial charge is 0.253 e. The molecule has 0 aromatic carbocycles. The van der Waals surface area contributed by atoms with E-state index in [0.717, 1.165) is 35.1 Å². The van der Waals surface area contributed by atoms with Gasteiger partial charge >= 0.3 is 0 Å². The summed E-state index contributed by atoms with van der Waals surface area (Å²) in [5.74, 6) is 0.463. The lowest BCUT2D eigenvalue weighted by Gasteiger charge is -2.13. The summed E-state index contributed by atoms with van der Waals surface area (Å²) in [5.41, 5.74) is 3.11. The Morgan fingerprint density at radius 1 is 1.30 bits per heavy atom. The average molecular weight is 365 g/mol. The van der Waals surface area contributed by atoms with Crippen LogP contribution in [-0.2, 0) is 13.6 Å². The molecule has 27 heavy (non-hydrogen) atoms. The second-order valence-corrected chi connectivity index (χ2v) is 7.01. The van der Waals surface area contributed by atoms with Gasteiger partial charge in [-0.05, 0) is 50.3 Å². The van der Waals surface area contributed by atoms with Gasteiger partial charge in [-0.3, -0.25) is 9.48 Å². The topological polar surface area (TPSA) is 81.9 Å². The summed E-state index contributed by atoms with van der Waals surface area (Å²) < 4.78 is 7.65. The Balaban J connectivity index is 1.42. The van der Waals surface area contributed by atoms with Gasteiger partial charge in [-0.25, -0.2) is 9.97 Å². The minimum Gasteiger partial charge on any atom is -0.474 e. The molecule has 3 aromatic heterocycles. The second kappa shape index (κ2) is 7.34. The van der Waals surface area contributed by atoms with Crippen molar-refractivity contribution in [2.45, 2.75) is 45.3 Å². The van der Waals surface area contributed by atoms with Gasteiger partial charge in [0, 0.05) is 37.4 Å². The fourth-order valence-electron chi connectivity index (χ4n) is 3.52. The monoisotopic (exact) mass is 365 g/mol. The molecule has 1 aliphatic carbocycles. The Kier molecular flexibility index (Phi) is 4.75. The first-order valence-corrected chi connectivity index (χ1v) is 9.29. The van der Waals surface area contributed by atoms with Gasteiger partial charge in [-0.15, -0.1) is 0 Å². The molecule has 7 nitrogen and oxygen atoms in total. The van der Waals surface area contributed by atoms with Crippen LogP contribution in [0, 0.1) is 6.92 Å². The number of carbonyl (C=O) groups excluding carboxylic acids is 1. The number of hydrogen-bond acceptors (Lipinski definition) is 5. The number of aryl methyl sites for hydroxylation is 2. The number of pyridine rings is 2. The van der Waals surface area contributed by atoms with E-state index < -0.39 is 0 Å². The van der Waals surface area contributed by atoms with Crippen molar-refractivity contribution in [2.75, 3.05) is 0 Å². The van der Waals surface area contributed by atoms with Gasteiger partial charge in [0.2, 0.25) is 5.88 Å². The quantitative estimate of drug-likeness (QED) is 0.752. The highest BCUT2D eigenvalue weighted by Gasteiger charge is 2.17. The van der Waals surface area contributed by atoms with E-state index in [4.69, 9.17) is 4.74 Å². The number of aromatic nitrogens is 4. The van der Waals surface area contributed by atoms with Crippen molar-refractivity contribution in [1.82, 2.24) is 25.1 Å². The highest BCUT2D eigenvalue weighted by Crippen LogP contribution is 2.23. The van der Waals surface area contributed by atoms with E-state index in [2.05, 4.69) is 20.4 Å². The third-order valence-corrected chi connectivity index (χ3v) is 4.97. The lowest BCUT2D eigenvalue weighted by atomic mass is 10.2. The lowest BCUT2D eigenvalue weighted by molar-refractivity contribution is 0.0950. The highest BCUT2D eigenvalue weighted by atomic mass is 16.5. The Morgan fingerprint density at radius 3 is 2.93 bits per heavy atom. The van der Waals surface area contributed by atoms with Crippen LogP contribution in [0.15, 0.2) is 30.6 Å². The van der Waals surface area contributed by atoms with Crippen LogP contribution in [0.1, 0.15) is 47.3 Å². The lowest BCUT2D eigenvalue weighted by Crippen LogP contribution is -2.23. The Labute approximate surface area is 157 Å². The van der Waals surface area contributed by atoms with E-state index in [1.54, 1.807) is 17.1 Å². The highest BCUT2D eigenvalue weighted by molar-refractivity contribution is 5.97. The molecule has 0 atom stereocenters. The van der Waals surface area contributed by atoms with E-state index in [9.17, 15) is 4.79 Å². The summed E-state index contributed by atoms with van der Waals surface area (Å²) in [6, 6.07) is 5.61. The van der Waals surface area contributed by atoms with Crippen molar-refractivity contribution in [3.63, 3.8) is 0 Å². The second-order valence-electron chi connectivity index (χ2n) is 7.01. The molecule has 4 rings (SSSR count). The molecular weight excluding hydrogens is 342 g/mol. The molecule has 3 heterocycles. The van der Waals surface area contributed by atoms with E-state index in [0.29, 0.717) is 18.0 Å². The SMILES string of the molecule is Cc1nn(C)c2ncc(C(=O)NCc3ccnc(OC4CCCC4)c3)cc12. The van der Waals surface area contributed by atoms with Crippen LogP contribution in [0.25, 0.3) is 11.0 Å². The minimum absolute atomic E-state index is 0.164. The molecule has 1 saturated carbocycles. The zero-order valence-electron chi connectivity index (χ0n) is 15.6. The predicted molar refractivity (Wildman–Crippen MR) is 102 cm³/mol. The molecule has 1 fully saturated rings. The fourth-order valence-corrected chi connectivity index (χ4v) is 3.52. The molecule has 0 spiro atoms. The van der Waals surface area contributed by atoms with Crippen molar-refractivity contribution in [2.24, 2.45) is 7.05 Å². The zero-order chi connectivity index (χ0) is 18.8. The van der Waals surface area contributed by atoms with Crippen molar-refractivity contribution in [3.05, 3.63) is 47.4 Å². The standard InChI is InChI=1S/C20H23N5O2/c1-13-17-10-15(12-22-19(17)25(2)24-13)20(26)23-11-14-7-8-21-18(9-14)27-16-5-3-4-6-16/h7-10,12,16H,3-6,11H2,1-2H3,(H,23,26). The third kappa shape index (κ3) is 3.77. The third-order valence-electron chi connectivity index (χ3n) is 4.97. The van der Waals surface area contributed by atoms with Gasteiger partial charge in [0.25, 0.3) is 5.91 Å². The van der Waals surface area contributed by atoms with Crippen molar-refractivity contribution in [3.8, 4) is 5.88 Å². The number of nitrogens with one attached hydrogen (secondary N) is 1. The molecule has 0 bridgehead atoms.